The molecular weight excluding hydrogens is 344 g/mol. The van der Waals surface area contributed by atoms with Gasteiger partial charge < -0.3 is 15.7 Å². The van der Waals surface area contributed by atoms with Crippen molar-refractivity contribution in [2.24, 2.45) is 0 Å². The number of benzene rings is 1. The third-order valence-corrected chi connectivity index (χ3v) is 4.95. The van der Waals surface area contributed by atoms with Gasteiger partial charge in [-0.15, -0.1) is 0 Å². The van der Waals surface area contributed by atoms with Crippen molar-refractivity contribution in [3.05, 3.63) is 40.1 Å². The zero-order valence-electron chi connectivity index (χ0n) is 17.0. The van der Waals surface area contributed by atoms with Crippen LogP contribution in [-0.4, -0.2) is 16.0 Å². The summed E-state index contributed by atoms with van der Waals surface area (Å²) in [6, 6.07) is 3.66. The van der Waals surface area contributed by atoms with E-state index < -0.39 is 0 Å². The third-order valence-electron chi connectivity index (χ3n) is 4.73. The summed E-state index contributed by atoms with van der Waals surface area (Å²) in [7, 11) is 0. The van der Waals surface area contributed by atoms with Gasteiger partial charge in [-0.2, -0.15) is 0 Å². The lowest BCUT2D eigenvalue weighted by Crippen LogP contribution is -2.44. The molecule has 3 N–H and O–H groups in total. The first kappa shape index (κ1) is 20.4. The van der Waals surface area contributed by atoms with Gasteiger partial charge in [0.25, 0.3) is 0 Å². The monoisotopic (exact) mass is 374 g/mol. The number of ketones is 1. The van der Waals surface area contributed by atoms with E-state index in [-0.39, 0.29) is 22.7 Å². The summed E-state index contributed by atoms with van der Waals surface area (Å²) >= 11 is 5.32. The minimum atomic E-state index is -0.330. The molecule has 0 fully saturated rings. The Kier molecular flexibility index (Phi) is 5.26. The second-order valence-electron chi connectivity index (χ2n) is 9.09. The van der Waals surface area contributed by atoms with Crippen LogP contribution in [0.15, 0.2) is 23.4 Å². The number of aromatic hydroxyl groups is 1. The normalized spacial score (nSPS) is 18.5. The summed E-state index contributed by atoms with van der Waals surface area (Å²) in [6.45, 7) is 15.9. The molecule has 0 aliphatic carbocycles. The molecule has 0 bridgehead atoms. The summed E-state index contributed by atoms with van der Waals surface area (Å²) in [5, 5.41) is 17.7. The van der Waals surface area contributed by atoms with E-state index in [1.165, 1.54) is 0 Å². The van der Waals surface area contributed by atoms with Crippen molar-refractivity contribution in [2.75, 3.05) is 0 Å². The predicted molar refractivity (Wildman–Crippen MR) is 110 cm³/mol. The van der Waals surface area contributed by atoms with Crippen molar-refractivity contribution >= 4 is 23.1 Å². The number of carbonyl (C=O) groups is 1. The van der Waals surface area contributed by atoms with Gasteiger partial charge in [-0.3, -0.25) is 4.79 Å². The van der Waals surface area contributed by atoms with E-state index >= 15 is 0 Å². The highest BCUT2D eigenvalue weighted by Crippen LogP contribution is 2.42. The number of thiocarbonyl (C=S) groups is 1. The van der Waals surface area contributed by atoms with E-state index in [1.54, 1.807) is 6.92 Å². The number of hydrogen-bond donors (Lipinski definition) is 3. The predicted octanol–water partition coefficient (Wildman–Crippen LogP) is 4.37. The van der Waals surface area contributed by atoms with Gasteiger partial charge in [-0.1, -0.05) is 41.5 Å². The van der Waals surface area contributed by atoms with Gasteiger partial charge in [0.05, 0.1) is 6.04 Å². The zero-order valence-corrected chi connectivity index (χ0v) is 17.8. The number of allylic oxidation sites excluding steroid dienone is 1. The molecule has 5 heteroatoms. The van der Waals surface area contributed by atoms with Crippen molar-refractivity contribution in [3.63, 3.8) is 0 Å². The zero-order chi connectivity index (χ0) is 20.0. The van der Waals surface area contributed by atoms with Crippen LogP contribution in [0.4, 0.5) is 0 Å². The summed E-state index contributed by atoms with van der Waals surface area (Å²) in [6.07, 6.45) is 0. The summed E-state index contributed by atoms with van der Waals surface area (Å²) in [5.41, 5.74) is 3.65. The first-order valence-corrected chi connectivity index (χ1v) is 9.31. The molecule has 142 valence electrons. The number of phenols is 1. The molecule has 1 aromatic rings. The molecule has 0 spiro atoms. The molecule has 2 rings (SSSR count). The molecule has 1 aliphatic heterocycles. The lowest BCUT2D eigenvalue weighted by Gasteiger charge is -2.33. The first-order valence-electron chi connectivity index (χ1n) is 8.90. The maximum Gasteiger partial charge on any atom is 0.171 e. The molecule has 0 amide bonds. The van der Waals surface area contributed by atoms with Crippen molar-refractivity contribution in [2.45, 2.75) is 72.3 Å². The maximum atomic E-state index is 12.3. The highest BCUT2D eigenvalue weighted by atomic mass is 32.1. The maximum absolute atomic E-state index is 12.3. The standard InChI is InChI=1S/C21H30N2O2S/c1-11-16(12(2)24)17(23-19(26)22-11)13-9-14(20(3,4)5)18(25)15(10-13)21(6,7)8/h9-10,17,25H,1-8H3,(H2,22,23,26)/t17-/m1/s1. The van der Waals surface area contributed by atoms with Gasteiger partial charge in [0.2, 0.25) is 0 Å². The SMILES string of the molecule is CC(=O)C1=C(C)NC(=S)N[C@@H]1c1cc(C(C)(C)C)c(O)c(C(C)(C)C)c1. The average Bonchev–Trinajstić information content (AvgIpc) is 2.43. The van der Waals surface area contributed by atoms with Crippen LogP contribution < -0.4 is 10.6 Å². The van der Waals surface area contributed by atoms with Gasteiger partial charge in [0.1, 0.15) is 5.75 Å². The Balaban J connectivity index is 2.78. The number of carbonyl (C=O) groups excluding carboxylic acids is 1. The lowest BCUT2D eigenvalue weighted by atomic mass is 9.77. The summed E-state index contributed by atoms with van der Waals surface area (Å²) in [4.78, 5) is 12.3. The molecule has 0 aromatic heterocycles. The highest BCUT2D eigenvalue weighted by Gasteiger charge is 2.32. The molecular formula is C21H30N2O2S. The first-order chi connectivity index (χ1) is 11.7. The Hall–Kier alpha value is -1.88. The Bertz CT molecular complexity index is 760. The van der Waals surface area contributed by atoms with Crippen LogP contribution in [0, 0.1) is 0 Å². The van der Waals surface area contributed by atoms with E-state index in [0.29, 0.717) is 16.4 Å². The van der Waals surface area contributed by atoms with E-state index in [2.05, 4.69) is 52.2 Å². The number of phenolic OH excluding ortho intramolecular Hbond substituents is 1. The molecule has 1 heterocycles. The number of Topliss-reactive ketones (excluding diaryl/α,β-unsaturated/α-hetero) is 1. The number of nitrogens with one attached hydrogen (secondary N) is 2. The Morgan fingerprint density at radius 1 is 1.08 bits per heavy atom. The second kappa shape index (κ2) is 6.69. The van der Waals surface area contributed by atoms with Gasteiger partial charge in [0, 0.05) is 11.3 Å². The third kappa shape index (κ3) is 3.93. The van der Waals surface area contributed by atoms with Crippen molar-refractivity contribution < 1.29 is 9.90 Å². The fraction of sp³-hybridized carbons (Fsp3) is 0.524. The van der Waals surface area contributed by atoms with Crippen molar-refractivity contribution in [1.82, 2.24) is 10.6 Å². The highest BCUT2D eigenvalue weighted by molar-refractivity contribution is 7.80. The van der Waals surface area contributed by atoms with Crippen molar-refractivity contribution in [3.8, 4) is 5.75 Å². The van der Waals surface area contributed by atoms with E-state index in [4.69, 9.17) is 12.2 Å². The molecule has 26 heavy (non-hydrogen) atoms. The molecule has 1 aliphatic rings. The van der Waals surface area contributed by atoms with Crippen LogP contribution in [0.25, 0.3) is 0 Å². The fourth-order valence-electron chi connectivity index (χ4n) is 3.38. The minimum absolute atomic E-state index is 0.00214. The molecule has 0 saturated heterocycles. The minimum Gasteiger partial charge on any atom is -0.507 e. The summed E-state index contributed by atoms with van der Waals surface area (Å²) in [5.74, 6) is 0.327. The van der Waals surface area contributed by atoms with Crippen LogP contribution in [-0.2, 0) is 15.6 Å². The van der Waals surface area contributed by atoms with Gasteiger partial charge in [-0.25, -0.2) is 0 Å². The van der Waals surface area contributed by atoms with Crippen LogP contribution in [0.2, 0.25) is 0 Å². The molecule has 0 unspecified atom stereocenters. The fourth-order valence-corrected chi connectivity index (χ4v) is 3.65. The Morgan fingerprint density at radius 3 is 1.92 bits per heavy atom. The Morgan fingerprint density at radius 2 is 1.54 bits per heavy atom. The second-order valence-corrected chi connectivity index (χ2v) is 9.50. The molecule has 0 saturated carbocycles. The molecule has 1 atom stereocenters. The van der Waals surface area contributed by atoms with E-state index in [0.717, 1.165) is 22.4 Å². The number of rotatable bonds is 2. The van der Waals surface area contributed by atoms with Crippen LogP contribution >= 0.6 is 12.2 Å². The topological polar surface area (TPSA) is 61.4 Å². The van der Waals surface area contributed by atoms with E-state index in [9.17, 15) is 9.90 Å². The largest absolute Gasteiger partial charge is 0.507 e. The average molecular weight is 375 g/mol. The van der Waals surface area contributed by atoms with Gasteiger partial charge in [-0.05, 0) is 65.7 Å². The van der Waals surface area contributed by atoms with Crippen LogP contribution in [0.5, 0.6) is 5.75 Å². The Labute approximate surface area is 162 Å². The molecule has 4 nitrogen and oxygen atoms in total. The van der Waals surface area contributed by atoms with Crippen LogP contribution in [0.3, 0.4) is 0 Å². The van der Waals surface area contributed by atoms with Gasteiger partial charge in [0.15, 0.2) is 10.9 Å². The summed E-state index contributed by atoms with van der Waals surface area (Å²) < 4.78 is 0. The number of hydrogen-bond acceptors (Lipinski definition) is 3. The van der Waals surface area contributed by atoms with Crippen molar-refractivity contribution in [1.29, 1.82) is 0 Å². The smallest absolute Gasteiger partial charge is 0.171 e. The van der Waals surface area contributed by atoms with Crippen LogP contribution in [0.1, 0.15) is 78.1 Å². The van der Waals surface area contributed by atoms with E-state index in [1.807, 2.05) is 19.1 Å². The lowest BCUT2D eigenvalue weighted by molar-refractivity contribution is -0.114. The van der Waals surface area contributed by atoms with Gasteiger partial charge >= 0.3 is 0 Å². The molecule has 1 aromatic carbocycles. The molecule has 0 radical (unpaired) electrons. The quantitative estimate of drug-likeness (QED) is 0.671.